The minimum atomic E-state index is -0.624. The number of carbonyl (C=O) groups excluding carboxylic acids is 2. The molecule has 2 aromatic carbocycles. The monoisotopic (exact) mass is 352 g/mol. The van der Waals surface area contributed by atoms with Gasteiger partial charge in [0.05, 0.1) is 0 Å². The van der Waals surface area contributed by atoms with Crippen molar-refractivity contribution in [2.24, 2.45) is 0 Å². The summed E-state index contributed by atoms with van der Waals surface area (Å²) in [5.74, 6) is 0.334. The van der Waals surface area contributed by atoms with E-state index in [1.165, 1.54) is 30.9 Å². The standard InChI is InChI=1S/C21H24N2O3/c1-14(26-20-11-10-16-6-3-4-7-17(16)12-20)21(25)23-19-9-5-8-18(13-19)22-15(2)24/h5,8-14H,3-4,6-7H2,1-2H3,(H,22,24)(H,23,25)/t14-/m1/s1. The second-order valence-corrected chi connectivity index (χ2v) is 6.65. The van der Waals surface area contributed by atoms with Crippen LogP contribution in [0.25, 0.3) is 0 Å². The Morgan fingerprint density at radius 1 is 0.962 bits per heavy atom. The molecule has 1 atom stereocenters. The quantitative estimate of drug-likeness (QED) is 0.857. The largest absolute Gasteiger partial charge is 0.481 e. The lowest BCUT2D eigenvalue weighted by Crippen LogP contribution is -2.30. The third kappa shape index (κ3) is 4.63. The van der Waals surface area contributed by atoms with Crippen LogP contribution in [0.3, 0.4) is 0 Å². The molecule has 0 radical (unpaired) electrons. The van der Waals surface area contributed by atoms with Gasteiger partial charge in [-0.05, 0) is 74.1 Å². The fourth-order valence-corrected chi connectivity index (χ4v) is 3.16. The number of hydrogen-bond acceptors (Lipinski definition) is 3. The van der Waals surface area contributed by atoms with E-state index in [-0.39, 0.29) is 11.8 Å². The van der Waals surface area contributed by atoms with E-state index in [1.54, 1.807) is 31.2 Å². The molecular weight excluding hydrogens is 328 g/mol. The summed E-state index contributed by atoms with van der Waals surface area (Å²) in [6, 6.07) is 13.1. The van der Waals surface area contributed by atoms with Crippen molar-refractivity contribution in [2.45, 2.75) is 45.6 Å². The minimum absolute atomic E-state index is 0.155. The number of anilines is 2. The molecular formula is C21H24N2O3. The average molecular weight is 352 g/mol. The molecule has 0 bridgehead atoms. The van der Waals surface area contributed by atoms with Crippen LogP contribution in [0.5, 0.6) is 5.75 Å². The number of benzene rings is 2. The first-order valence-corrected chi connectivity index (χ1v) is 8.98. The molecule has 136 valence electrons. The van der Waals surface area contributed by atoms with E-state index in [0.29, 0.717) is 11.4 Å². The van der Waals surface area contributed by atoms with Crippen molar-refractivity contribution in [1.82, 2.24) is 0 Å². The van der Waals surface area contributed by atoms with E-state index in [0.717, 1.165) is 18.6 Å². The maximum Gasteiger partial charge on any atom is 0.265 e. The molecule has 0 fully saturated rings. The molecule has 0 aromatic heterocycles. The summed E-state index contributed by atoms with van der Waals surface area (Å²) >= 11 is 0. The van der Waals surface area contributed by atoms with E-state index < -0.39 is 6.10 Å². The fourth-order valence-electron chi connectivity index (χ4n) is 3.16. The molecule has 0 aliphatic heterocycles. The van der Waals surface area contributed by atoms with Crippen LogP contribution in [0.2, 0.25) is 0 Å². The van der Waals surface area contributed by atoms with Crippen LogP contribution in [0.4, 0.5) is 11.4 Å². The lowest BCUT2D eigenvalue weighted by Gasteiger charge is -2.19. The number of amides is 2. The first-order chi connectivity index (χ1) is 12.5. The topological polar surface area (TPSA) is 67.4 Å². The Kier molecular flexibility index (Phi) is 5.56. The highest BCUT2D eigenvalue weighted by Gasteiger charge is 2.17. The minimum Gasteiger partial charge on any atom is -0.481 e. The van der Waals surface area contributed by atoms with E-state index in [1.807, 2.05) is 6.07 Å². The molecule has 2 N–H and O–H groups in total. The Bertz CT molecular complexity index is 817. The van der Waals surface area contributed by atoms with E-state index in [9.17, 15) is 9.59 Å². The summed E-state index contributed by atoms with van der Waals surface area (Å²) in [7, 11) is 0. The third-order valence-electron chi connectivity index (χ3n) is 4.45. The lowest BCUT2D eigenvalue weighted by atomic mass is 9.92. The van der Waals surface area contributed by atoms with Crippen LogP contribution in [-0.2, 0) is 22.4 Å². The summed E-state index contributed by atoms with van der Waals surface area (Å²) in [5.41, 5.74) is 3.96. The van der Waals surface area contributed by atoms with Gasteiger partial charge < -0.3 is 15.4 Å². The molecule has 3 rings (SSSR count). The van der Waals surface area contributed by atoms with Crippen molar-refractivity contribution in [3.8, 4) is 5.75 Å². The molecule has 0 saturated carbocycles. The van der Waals surface area contributed by atoms with Gasteiger partial charge in [-0.15, -0.1) is 0 Å². The fraction of sp³-hybridized carbons (Fsp3) is 0.333. The predicted molar refractivity (Wildman–Crippen MR) is 103 cm³/mol. The highest BCUT2D eigenvalue weighted by molar-refractivity contribution is 5.95. The van der Waals surface area contributed by atoms with Crippen LogP contribution in [-0.4, -0.2) is 17.9 Å². The van der Waals surface area contributed by atoms with Crippen molar-refractivity contribution in [3.05, 3.63) is 53.6 Å². The van der Waals surface area contributed by atoms with E-state index in [2.05, 4.69) is 22.8 Å². The van der Waals surface area contributed by atoms with Crippen LogP contribution in [0.15, 0.2) is 42.5 Å². The average Bonchev–Trinajstić information content (AvgIpc) is 2.61. The van der Waals surface area contributed by atoms with Crippen LogP contribution in [0, 0.1) is 0 Å². The Balaban J connectivity index is 1.62. The first-order valence-electron chi connectivity index (χ1n) is 8.98. The summed E-state index contributed by atoms with van der Waals surface area (Å²) < 4.78 is 5.83. The third-order valence-corrected chi connectivity index (χ3v) is 4.45. The molecule has 5 heteroatoms. The van der Waals surface area contributed by atoms with E-state index in [4.69, 9.17) is 4.74 Å². The molecule has 0 spiro atoms. The molecule has 1 aliphatic rings. The van der Waals surface area contributed by atoms with Gasteiger partial charge in [0, 0.05) is 18.3 Å². The van der Waals surface area contributed by atoms with E-state index >= 15 is 0 Å². The molecule has 2 aromatic rings. The normalized spacial score (nSPS) is 14.1. The number of ether oxygens (including phenoxy) is 1. The zero-order valence-corrected chi connectivity index (χ0v) is 15.2. The number of carbonyl (C=O) groups is 2. The smallest absolute Gasteiger partial charge is 0.265 e. The zero-order chi connectivity index (χ0) is 18.5. The van der Waals surface area contributed by atoms with Crippen molar-refractivity contribution in [3.63, 3.8) is 0 Å². The Hall–Kier alpha value is -2.82. The number of aryl methyl sites for hydroxylation is 2. The van der Waals surface area contributed by atoms with Gasteiger partial charge in [0.25, 0.3) is 5.91 Å². The number of hydrogen-bond donors (Lipinski definition) is 2. The van der Waals surface area contributed by atoms with Crippen molar-refractivity contribution < 1.29 is 14.3 Å². The van der Waals surface area contributed by atoms with Crippen molar-refractivity contribution >= 4 is 23.2 Å². The highest BCUT2D eigenvalue weighted by atomic mass is 16.5. The van der Waals surface area contributed by atoms with Gasteiger partial charge in [-0.1, -0.05) is 12.1 Å². The molecule has 0 heterocycles. The second-order valence-electron chi connectivity index (χ2n) is 6.65. The summed E-state index contributed by atoms with van der Waals surface area (Å²) in [4.78, 5) is 23.6. The van der Waals surface area contributed by atoms with Crippen molar-refractivity contribution in [2.75, 3.05) is 10.6 Å². The van der Waals surface area contributed by atoms with Crippen molar-refractivity contribution in [1.29, 1.82) is 0 Å². The number of nitrogens with one attached hydrogen (secondary N) is 2. The van der Waals surface area contributed by atoms with Crippen LogP contribution < -0.4 is 15.4 Å². The Morgan fingerprint density at radius 2 is 1.65 bits per heavy atom. The molecule has 0 saturated heterocycles. The van der Waals surface area contributed by atoms with Gasteiger partial charge in [0.1, 0.15) is 5.75 Å². The van der Waals surface area contributed by atoms with Gasteiger partial charge in [-0.25, -0.2) is 0 Å². The Morgan fingerprint density at radius 3 is 2.38 bits per heavy atom. The summed E-state index contributed by atoms with van der Waals surface area (Å²) in [6.07, 6.45) is 4.01. The highest BCUT2D eigenvalue weighted by Crippen LogP contribution is 2.26. The SMILES string of the molecule is CC(=O)Nc1cccc(NC(=O)[C@@H](C)Oc2ccc3c(c2)CCCC3)c1. The van der Waals surface area contributed by atoms with Gasteiger partial charge in [0.15, 0.2) is 6.10 Å². The summed E-state index contributed by atoms with van der Waals surface area (Å²) in [6.45, 7) is 3.17. The molecule has 26 heavy (non-hydrogen) atoms. The predicted octanol–water partition coefficient (Wildman–Crippen LogP) is 3.93. The maximum atomic E-state index is 12.4. The first kappa shape index (κ1) is 18.0. The maximum absolute atomic E-state index is 12.4. The van der Waals surface area contributed by atoms with Gasteiger partial charge in [-0.2, -0.15) is 0 Å². The van der Waals surface area contributed by atoms with Gasteiger partial charge in [0.2, 0.25) is 5.91 Å². The summed E-state index contributed by atoms with van der Waals surface area (Å²) in [5, 5.41) is 5.52. The van der Waals surface area contributed by atoms with Crippen LogP contribution in [0.1, 0.15) is 37.8 Å². The second kappa shape index (κ2) is 8.04. The molecule has 5 nitrogen and oxygen atoms in total. The molecule has 0 unspecified atom stereocenters. The Labute approximate surface area is 153 Å². The van der Waals surface area contributed by atoms with Gasteiger partial charge >= 0.3 is 0 Å². The number of rotatable bonds is 5. The zero-order valence-electron chi connectivity index (χ0n) is 15.2. The van der Waals surface area contributed by atoms with Crippen LogP contribution >= 0.6 is 0 Å². The lowest BCUT2D eigenvalue weighted by molar-refractivity contribution is -0.122. The molecule has 2 amide bonds. The number of fused-ring (bicyclic) bond motifs is 1. The van der Waals surface area contributed by atoms with Gasteiger partial charge in [-0.3, -0.25) is 9.59 Å². The molecule has 1 aliphatic carbocycles.